The number of hydrogen-bond donors (Lipinski definition) is 6. The minimum atomic E-state index is -0.925. The maximum Gasteiger partial charge on any atom is 0.245 e. The van der Waals surface area contributed by atoms with E-state index in [0.29, 0.717) is 56.8 Å². The van der Waals surface area contributed by atoms with Gasteiger partial charge >= 0.3 is 0 Å². The number of unbranched alkanes of at least 4 members (excludes halogenated alkanes) is 1. The molecule has 5 aromatic rings. The van der Waals surface area contributed by atoms with Gasteiger partial charge in [-0.1, -0.05) is 47.6 Å². The normalized spacial score (nSPS) is 18.7. The Balaban J connectivity index is 1.46. The number of halogens is 1. The molecule has 6 rings (SSSR count). The number of benzene rings is 2. The van der Waals surface area contributed by atoms with Crippen molar-refractivity contribution in [3.05, 3.63) is 107 Å². The molecule has 12 nitrogen and oxygen atoms in total. The number of rotatable bonds is 10. The van der Waals surface area contributed by atoms with Crippen LogP contribution in [0.15, 0.2) is 95.4 Å². The van der Waals surface area contributed by atoms with Crippen molar-refractivity contribution in [1.29, 1.82) is 0 Å². The largest absolute Gasteiger partial charge is 0.361 e. The maximum absolute atomic E-state index is 14.5. The highest BCUT2D eigenvalue weighted by molar-refractivity contribution is 7.99. The highest BCUT2D eigenvalue weighted by Crippen LogP contribution is 2.42. The Hall–Kier alpha value is -4.79. The number of para-hydroxylation sites is 1. The maximum atomic E-state index is 14.5. The van der Waals surface area contributed by atoms with E-state index < -0.39 is 18.1 Å². The summed E-state index contributed by atoms with van der Waals surface area (Å²) in [7, 11) is 1.63. The van der Waals surface area contributed by atoms with Crippen LogP contribution in [0.5, 0.6) is 0 Å². The lowest BCUT2D eigenvalue weighted by atomic mass is 10.0. The summed E-state index contributed by atoms with van der Waals surface area (Å²) >= 11 is 8.49. The number of H-pyrrole nitrogens is 1. The van der Waals surface area contributed by atoms with Gasteiger partial charge < -0.3 is 37.3 Å². The van der Waals surface area contributed by atoms with Gasteiger partial charge in [-0.2, -0.15) is 0 Å². The van der Waals surface area contributed by atoms with Gasteiger partial charge in [0.05, 0.1) is 6.04 Å². The van der Waals surface area contributed by atoms with Crippen molar-refractivity contribution in [2.45, 2.75) is 79.5 Å². The predicted octanol–water partition coefficient (Wildman–Crippen LogP) is 4.94. The Morgan fingerprint density at radius 2 is 1.64 bits per heavy atom. The van der Waals surface area contributed by atoms with Gasteiger partial charge in [-0.3, -0.25) is 24.4 Å². The fourth-order valence-corrected chi connectivity index (χ4v) is 8.40. The lowest BCUT2D eigenvalue weighted by molar-refractivity contribution is -0.142. The van der Waals surface area contributed by atoms with Crippen LogP contribution in [0, 0.1) is 0 Å². The van der Waals surface area contributed by atoms with E-state index in [-0.39, 0.29) is 30.7 Å². The standard InChI is InChI=1S/C41H48ClN9O3S/c1-51-36(21-28-23-47-33-8-3-2-7-29(28)33)40(53)49-24-31-32(42)12-11-30(26-13-18-45-19-14-26)38(31)55-37-25-46-20-15-27(37)22-48-34(10-6-17-44)39(52)50-35(41(51)54)9-4-5-16-43/h2-3,7-8,11-15,18-20,23,25,34-36,47-48H,4-6,9-10,16-17,21-22,24,43-44H2,1H3,(H,49,53)(H,50,52)/t34-,35-,36-/m0/s1. The molecule has 0 saturated heterocycles. The van der Waals surface area contributed by atoms with E-state index in [1.807, 2.05) is 60.8 Å². The second-order valence-electron chi connectivity index (χ2n) is 13.7. The molecule has 2 aromatic carbocycles. The Labute approximate surface area is 330 Å². The zero-order valence-corrected chi connectivity index (χ0v) is 32.5. The third kappa shape index (κ3) is 9.72. The molecule has 0 radical (unpaired) electrons. The van der Waals surface area contributed by atoms with Gasteiger partial charge in [0.2, 0.25) is 17.7 Å². The van der Waals surface area contributed by atoms with Gasteiger partial charge in [-0.05, 0) is 97.8 Å². The van der Waals surface area contributed by atoms with Crippen LogP contribution >= 0.6 is 23.4 Å². The molecule has 0 fully saturated rings. The zero-order chi connectivity index (χ0) is 38.7. The van der Waals surface area contributed by atoms with Crippen molar-refractivity contribution < 1.29 is 14.4 Å². The second kappa shape index (κ2) is 19.2. The van der Waals surface area contributed by atoms with Crippen molar-refractivity contribution in [3.63, 3.8) is 0 Å². The number of likely N-dealkylation sites (N-methyl/N-ethyl adjacent to an activating group) is 1. The Kier molecular flexibility index (Phi) is 13.9. The second-order valence-corrected chi connectivity index (χ2v) is 15.1. The Morgan fingerprint density at radius 1 is 0.873 bits per heavy atom. The van der Waals surface area contributed by atoms with Crippen LogP contribution in [-0.4, -0.2) is 75.8 Å². The van der Waals surface area contributed by atoms with Crippen LogP contribution in [0.1, 0.15) is 48.8 Å². The number of aromatic amines is 1. The molecule has 288 valence electrons. The minimum Gasteiger partial charge on any atom is -0.361 e. The van der Waals surface area contributed by atoms with Crippen molar-refractivity contribution >= 4 is 52.0 Å². The fourth-order valence-electron chi connectivity index (χ4n) is 6.91. The van der Waals surface area contributed by atoms with Crippen LogP contribution in [0.3, 0.4) is 0 Å². The summed E-state index contributed by atoms with van der Waals surface area (Å²) in [4.78, 5) is 58.3. The third-order valence-electron chi connectivity index (χ3n) is 10.0. The molecule has 8 N–H and O–H groups in total. The predicted molar refractivity (Wildman–Crippen MR) is 217 cm³/mol. The molecule has 0 aliphatic carbocycles. The van der Waals surface area contributed by atoms with Crippen molar-refractivity contribution in [2.24, 2.45) is 11.5 Å². The van der Waals surface area contributed by atoms with E-state index in [2.05, 4.69) is 30.9 Å². The molecule has 1 aliphatic rings. The van der Waals surface area contributed by atoms with E-state index in [1.165, 1.54) is 16.7 Å². The van der Waals surface area contributed by atoms with Crippen LogP contribution in [0.2, 0.25) is 5.02 Å². The number of fused-ring (bicyclic) bond motifs is 3. The van der Waals surface area contributed by atoms with E-state index in [4.69, 9.17) is 23.1 Å². The number of nitrogens with zero attached hydrogens (tertiary/aromatic N) is 3. The third-order valence-corrected chi connectivity index (χ3v) is 11.6. The summed E-state index contributed by atoms with van der Waals surface area (Å²) in [6, 6.07) is 15.0. The van der Waals surface area contributed by atoms with E-state index in [9.17, 15) is 14.4 Å². The van der Waals surface area contributed by atoms with Gasteiger partial charge in [0.1, 0.15) is 12.1 Å². The minimum absolute atomic E-state index is 0.0943. The summed E-state index contributed by atoms with van der Waals surface area (Å²) in [5.74, 6) is -1.03. The van der Waals surface area contributed by atoms with Crippen LogP contribution in [-0.2, 0) is 33.9 Å². The number of hydrogen-bond acceptors (Lipinski definition) is 9. The lowest BCUT2D eigenvalue weighted by Crippen LogP contribution is -2.57. The van der Waals surface area contributed by atoms with E-state index >= 15 is 0 Å². The first-order valence-corrected chi connectivity index (χ1v) is 19.8. The number of nitrogens with one attached hydrogen (secondary N) is 4. The van der Waals surface area contributed by atoms with Gasteiger partial charge in [0, 0.05) is 88.8 Å². The van der Waals surface area contributed by atoms with Crippen molar-refractivity contribution in [3.8, 4) is 11.1 Å². The molecular formula is C41H48ClN9O3S. The molecule has 4 heterocycles. The quantitative estimate of drug-likeness (QED) is 0.107. The first-order chi connectivity index (χ1) is 26.8. The topological polar surface area (TPSA) is 184 Å². The summed E-state index contributed by atoms with van der Waals surface area (Å²) in [5.41, 5.74) is 17.0. The number of pyridine rings is 2. The molecule has 0 saturated carbocycles. The fraction of sp³-hybridized carbons (Fsp3) is 0.341. The molecule has 55 heavy (non-hydrogen) atoms. The highest BCUT2D eigenvalue weighted by atomic mass is 35.5. The van der Waals surface area contributed by atoms with Gasteiger partial charge in [-0.15, -0.1) is 0 Å². The van der Waals surface area contributed by atoms with Gasteiger partial charge in [0.25, 0.3) is 0 Å². The summed E-state index contributed by atoms with van der Waals surface area (Å²) in [6.45, 7) is 1.31. The van der Waals surface area contributed by atoms with Crippen LogP contribution in [0.25, 0.3) is 22.0 Å². The molecule has 3 amide bonds. The first-order valence-electron chi connectivity index (χ1n) is 18.6. The average Bonchev–Trinajstić information content (AvgIpc) is 3.62. The lowest BCUT2D eigenvalue weighted by Gasteiger charge is -2.32. The number of nitrogens with two attached hydrogens (primary N) is 2. The smallest absolute Gasteiger partial charge is 0.245 e. The molecular weight excluding hydrogens is 734 g/mol. The monoisotopic (exact) mass is 781 g/mol. The molecule has 0 spiro atoms. The summed E-state index contributed by atoms with van der Waals surface area (Å²) in [5, 5.41) is 11.1. The number of carbonyl (C=O) groups is 3. The molecule has 0 unspecified atom stereocenters. The average molecular weight is 782 g/mol. The molecule has 3 atom stereocenters. The molecule has 3 aromatic heterocycles. The highest BCUT2D eigenvalue weighted by Gasteiger charge is 2.34. The molecule has 1 aliphatic heterocycles. The zero-order valence-electron chi connectivity index (χ0n) is 30.9. The van der Waals surface area contributed by atoms with E-state index in [1.54, 1.807) is 31.8 Å². The summed E-state index contributed by atoms with van der Waals surface area (Å²) < 4.78 is 0. The van der Waals surface area contributed by atoms with Gasteiger partial charge in [0.15, 0.2) is 0 Å². The SMILES string of the molecule is CN1C(=O)[C@H](CCCCN)NC(=O)[C@H](CCCN)NCc2ccncc2Sc2c(-c3ccncc3)ccc(Cl)c2CNC(=O)[C@@H]1Cc1c[nH]c2ccccc12. The number of aromatic nitrogens is 3. The Morgan fingerprint density at radius 3 is 2.44 bits per heavy atom. The van der Waals surface area contributed by atoms with Crippen molar-refractivity contribution in [2.75, 3.05) is 20.1 Å². The van der Waals surface area contributed by atoms with Crippen LogP contribution in [0.4, 0.5) is 0 Å². The molecule has 0 bridgehead atoms. The Bertz CT molecular complexity index is 2100. The van der Waals surface area contributed by atoms with Crippen LogP contribution < -0.4 is 27.4 Å². The first kappa shape index (κ1) is 39.9. The van der Waals surface area contributed by atoms with Crippen molar-refractivity contribution in [1.82, 2.24) is 35.8 Å². The number of amides is 3. The summed E-state index contributed by atoms with van der Waals surface area (Å²) in [6.07, 6.45) is 11.8. The van der Waals surface area contributed by atoms with Gasteiger partial charge in [-0.25, -0.2) is 0 Å². The van der Waals surface area contributed by atoms with E-state index in [0.717, 1.165) is 48.5 Å². The molecule has 14 heteroatoms. The number of carbonyl (C=O) groups excluding carboxylic acids is 3.